The Morgan fingerprint density at radius 2 is 0.783 bits per heavy atom. The van der Waals surface area contributed by atoms with Crippen molar-refractivity contribution in [2.24, 2.45) is 0 Å². The van der Waals surface area contributed by atoms with Crippen molar-refractivity contribution in [1.82, 2.24) is 10.6 Å². The quantitative estimate of drug-likeness (QED) is 0.266. The molecule has 0 rings (SSSR count). The molecule has 0 aliphatic rings. The second-order valence-corrected chi connectivity index (χ2v) is 7.05. The van der Waals surface area contributed by atoms with Gasteiger partial charge in [-0.25, -0.2) is 0 Å². The maximum Gasteiger partial charge on any atom is -0.00368 e. The molecule has 0 aromatic carbocycles. The average molecular weight is 327 g/mol. The van der Waals surface area contributed by atoms with Crippen LogP contribution < -0.4 is 10.6 Å². The van der Waals surface area contributed by atoms with Gasteiger partial charge in [0.05, 0.1) is 0 Å². The van der Waals surface area contributed by atoms with E-state index in [1.807, 2.05) is 0 Å². The van der Waals surface area contributed by atoms with Crippen molar-refractivity contribution in [2.45, 2.75) is 110 Å². The third kappa shape index (κ3) is 21.9. The highest BCUT2D eigenvalue weighted by atomic mass is 14.9. The van der Waals surface area contributed by atoms with E-state index >= 15 is 0 Å². The highest BCUT2D eigenvalue weighted by molar-refractivity contribution is 4.53. The first-order valence-electron chi connectivity index (χ1n) is 10.8. The summed E-state index contributed by atoms with van der Waals surface area (Å²) < 4.78 is 0. The first-order chi connectivity index (χ1) is 11.4. The third-order valence-electron chi connectivity index (χ3n) is 4.66. The van der Waals surface area contributed by atoms with Gasteiger partial charge in [-0.15, -0.1) is 0 Å². The Labute approximate surface area is 147 Å². The Hall–Kier alpha value is -0.0800. The van der Waals surface area contributed by atoms with Crippen LogP contribution in [0.15, 0.2) is 0 Å². The van der Waals surface area contributed by atoms with Crippen molar-refractivity contribution >= 4 is 0 Å². The molecule has 0 heterocycles. The van der Waals surface area contributed by atoms with Crippen molar-refractivity contribution in [3.63, 3.8) is 0 Å². The van der Waals surface area contributed by atoms with Crippen LogP contribution in [0.25, 0.3) is 0 Å². The highest BCUT2D eigenvalue weighted by Gasteiger charge is 1.94. The zero-order valence-corrected chi connectivity index (χ0v) is 16.4. The van der Waals surface area contributed by atoms with E-state index < -0.39 is 0 Å². The van der Waals surface area contributed by atoms with Gasteiger partial charge in [0.25, 0.3) is 0 Å². The molecule has 0 aromatic heterocycles. The van der Waals surface area contributed by atoms with Crippen LogP contribution in [0, 0.1) is 0 Å². The van der Waals surface area contributed by atoms with Crippen LogP contribution in [0.2, 0.25) is 0 Å². The van der Waals surface area contributed by atoms with Crippen molar-refractivity contribution in [3.05, 3.63) is 0 Å². The first kappa shape index (κ1) is 22.9. The fourth-order valence-corrected chi connectivity index (χ4v) is 3.08. The van der Waals surface area contributed by atoms with E-state index in [-0.39, 0.29) is 0 Å². The fraction of sp³-hybridized carbons (Fsp3) is 1.00. The first-order valence-corrected chi connectivity index (χ1v) is 10.8. The minimum Gasteiger partial charge on any atom is -0.317 e. The molecule has 0 unspecified atom stereocenters. The lowest BCUT2D eigenvalue weighted by molar-refractivity contribution is 0.527. The maximum atomic E-state index is 3.55. The molecule has 2 N–H and O–H groups in total. The summed E-state index contributed by atoms with van der Waals surface area (Å²) in [6.45, 7) is 9.10. The zero-order chi connectivity index (χ0) is 16.8. The molecule has 0 fully saturated rings. The van der Waals surface area contributed by atoms with Crippen LogP contribution in [-0.4, -0.2) is 26.2 Å². The fourth-order valence-electron chi connectivity index (χ4n) is 3.08. The van der Waals surface area contributed by atoms with Gasteiger partial charge in [0, 0.05) is 0 Å². The van der Waals surface area contributed by atoms with Crippen LogP contribution in [0.1, 0.15) is 110 Å². The molecule has 0 spiro atoms. The number of hydrogen-bond donors (Lipinski definition) is 2. The van der Waals surface area contributed by atoms with Crippen molar-refractivity contribution in [1.29, 1.82) is 0 Å². The van der Waals surface area contributed by atoms with E-state index in [0.717, 1.165) is 13.1 Å². The number of unbranched alkanes of at least 4 members (excludes halogenated alkanes) is 13. The van der Waals surface area contributed by atoms with Gasteiger partial charge in [-0.2, -0.15) is 0 Å². The van der Waals surface area contributed by atoms with Crippen molar-refractivity contribution in [3.8, 4) is 0 Å². The summed E-state index contributed by atoms with van der Waals surface area (Å²) >= 11 is 0. The standard InChI is InChI=1S/C21H46N2/c1-3-5-6-7-8-9-10-11-12-13-14-15-16-17-19-23-21-18-20-22-4-2/h22-23H,3-21H2,1-2H3. The van der Waals surface area contributed by atoms with E-state index in [2.05, 4.69) is 24.5 Å². The average Bonchev–Trinajstić information content (AvgIpc) is 2.57. The molecule has 2 nitrogen and oxygen atoms in total. The molecule has 0 aliphatic carbocycles. The minimum atomic E-state index is 1.10. The second-order valence-electron chi connectivity index (χ2n) is 7.05. The SMILES string of the molecule is CCCCCCCCCCCCCCCCNCCCNCC. The Morgan fingerprint density at radius 3 is 1.26 bits per heavy atom. The van der Waals surface area contributed by atoms with Gasteiger partial charge in [0.2, 0.25) is 0 Å². The summed E-state index contributed by atoms with van der Waals surface area (Å²) in [7, 11) is 0. The molecular formula is C21H46N2. The van der Waals surface area contributed by atoms with E-state index in [0.29, 0.717) is 0 Å². The number of nitrogens with one attached hydrogen (secondary N) is 2. The molecular weight excluding hydrogens is 280 g/mol. The molecule has 0 amide bonds. The summed E-state index contributed by atoms with van der Waals surface area (Å²) in [5, 5.41) is 6.91. The molecule has 140 valence electrons. The van der Waals surface area contributed by atoms with Crippen LogP contribution in [-0.2, 0) is 0 Å². The Morgan fingerprint density at radius 1 is 0.391 bits per heavy atom. The zero-order valence-electron chi connectivity index (χ0n) is 16.4. The van der Waals surface area contributed by atoms with Crippen LogP contribution in [0.3, 0.4) is 0 Å². The highest BCUT2D eigenvalue weighted by Crippen LogP contribution is 2.12. The number of hydrogen-bond acceptors (Lipinski definition) is 2. The lowest BCUT2D eigenvalue weighted by atomic mass is 10.0. The summed E-state index contributed by atoms with van der Waals surface area (Å²) in [4.78, 5) is 0. The van der Waals surface area contributed by atoms with Gasteiger partial charge in [0.15, 0.2) is 0 Å². The molecule has 0 radical (unpaired) electrons. The van der Waals surface area contributed by atoms with Gasteiger partial charge in [-0.1, -0.05) is 97.3 Å². The third-order valence-corrected chi connectivity index (χ3v) is 4.66. The van der Waals surface area contributed by atoms with Gasteiger partial charge in [-0.3, -0.25) is 0 Å². The molecule has 0 bridgehead atoms. The Bertz CT molecular complexity index is 174. The van der Waals surface area contributed by atoms with Gasteiger partial charge in [-0.05, 0) is 39.0 Å². The normalized spacial score (nSPS) is 11.2. The molecule has 0 aliphatic heterocycles. The monoisotopic (exact) mass is 326 g/mol. The molecule has 0 saturated carbocycles. The van der Waals surface area contributed by atoms with Gasteiger partial charge < -0.3 is 10.6 Å². The Balaban J connectivity index is 2.92. The van der Waals surface area contributed by atoms with Crippen molar-refractivity contribution in [2.75, 3.05) is 26.2 Å². The van der Waals surface area contributed by atoms with Crippen molar-refractivity contribution < 1.29 is 0 Å². The van der Waals surface area contributed by atoms with E-state index in [4.69, 9.17) is 0 Å². The molecule has 0 saturated heterocycles. The minimum absolute atomic E-state index is 1.10. The van der Waals surface area contributed by atoms with Crippen LogP contribution >= 0.6 is 0 Å². The van der Waals surface area contributed by atoms with E-state index in [1.54, 1.807) is 0 Å². The summed E-state index contributed by atoms with van der Waals surface area (Å²) in [5.41, 5.74) is 0. The predicted octanol–water partition coefficient (Wildman–Crippen LogP) is 6.06. The largest absolute Gasteiger partial charge is 0.317 e. The molecule has 2 heteroatoms. The molecule has 0 atom stereocenters. The lowest BCUT2D eigenvalue weighted by Gasteiger charge is -2.05. The summed E-state index contributed by atoms with van der Waals surface area (Å²) in [5.74, 6) is 0. The molecule has 23 heavy (non-hydrogen) atoms. The molecule has 0 aromatic rings. The Kier molecular flexibility index (Phi) is 21.8. The van der Waals surface area contributed by atoms with Gasteiger partial charge >= 0.3 is 0 Å². The lowest BCUT2D eigenvalue weighted by Crippen LogP contribution is -2.22. The smallest absolute Gasteiger partial charge is 0.00368 e. The van der Waals surface area contributed by atoms with E-state index in [9.17, 15) is 0 Å². The number of rotatable bonds is 20. The maximum absolute atomic E-state index is 3.55. The topological polar surface area (TPSA) is 24.1 Å². The van der Waals surface area contributed by atoms with Crippen LogP contribution in [0.5, 0.6) is 0 Å². The van der Waals surface area contributed by atoms with E-state index in [1.165, 1.54) is 109 Å². The van der Waals surface area contributed by atoms with Crippen LogP contribution in [0.4, 0.5) is 0 Å². The summed E-state index contributed by atoms with van der Waals surface area (Å²) in [6.07, 6.45) is 21.5. The predicted molar refractivity (Wildman–Crippen MR) is 106 cm³/mol. The second kappa shape index (κ2) is 21.9. The van der Waals surface area contributed by atoms with Gasteiger partial charge in [0.1, 0.15) is 0 Å². The summed E-state index contributed by atoms with van der Waals surface area (Å²) in [6, 6.07) is 0.